The number of rotatable bonds is 4. The van der Waals surface area contributed by atoms with E-state index in [9.17, 15) is 13.2 Å². The van der Waals surface area contributed by atoms with Crippen LogP contribution in [0.4, 0.5) is 22.0 Å². The molecule has 0 heterocycles. The molecule has 2 saturated carbocycles. The molecule has 2 fully saturated rings. The van der Waals surface area contributed by atoms with Gasteiger partial charge in [-0.15, -0.1) is 0 Å². The van der Waals surface area contributed by atoms with Crippen LogP contribution in [0.2, 0.25) is 69.0 Å². The first kappa shape index (κ1) is 23.7. The van der Waals surface area contributed by atoms with Crippen LogP contribution in [0, 0.1) is 52.8 Å². The quantitative estimate of drug-likeness (QED) is 0.125. The second-order valence-corrected chi connectivity index (χ2v) is 29.3. The summed E-state index contributed by atoms with van der Waals surface area (Å²) < 4.78 is 74.4. The van der Waals surface area contributed by atoms with E-state index in [1.807, 2.05) is 0 Å². The molecule has 0 N–H and O–H groups in total. The Bertz CT molecular complexity index is 1140. The van der Waals surface area contributed by atoms with Gasteiger partial charge in [0.2, 0.25) is 5.82 Å². The van der Waals surface area contributed by atoms with Crippen molar-refractivity contribution in [1.29, 1.82) is 0 Å². The van der Waals surface area contributed by atoms with Gasteiger partial charge in [0.05, 0.1) is 29.8 Å². The molecule has 0 amide bonds. The van der Waals surface area contributed by atoms with Crippen LogP contribution in [-0.2, 0) is 0 Å². The SMILES string of the molecule is C[Si](C)(C)C1=C(c2c(F)c(F)c(F)c(F)c2F)C2([Si](C)(C)C)[C@@H]3C=C[C@H]4C(C13)C42[Si](C)(C)C. The van der Waals surface area contributed by atoms with Crippen molar-refractivity contribution < 1.29 is 22.0 Å². The molecule has 1 aromatic carbocycles. The predicted octanol–water partition coefficient (Wildman–Crippen LogP) is 8.25. The van der Waals surface area contributed by atoms with E-state index in [4.69, 9.17) is 0 Å². The number of hydrogen-bond donors (Lipinski definition) is 0. The van der Waals surface area contributed by atoms with Gasteiger partial charge in [0, 0.05) is 5.04 Å². The lowest BCUT2D eigenvalue weighted by Gasteiger charge is -2.57. The standard InChI is InChI=1S/C25H33F5Si3/c1-31(2,3)23-14-12-10-11-13-16(14)25(13,33(7,8)9)24(12,32(4,5)6)17(23)15-18(26)20(28)22(30)21(29)19(15)27/h10-14,16H,1-9H3/t12-,13+,14?,16?,24?,25?/m1/s1. The summed E-state index contributed by atoms with van der Waals surface area (Å²) >= 11 is 0. The smallest absolute Gasteiger partial charge is 0.200 e. The molecule has 0 saturated heterocycles. The summed E-state index contributed by atoms with van der Waals surface area (Å²) in [6.07, 6.45) is 4.58. The van der Waals surface area contributed by atoms with E-state index in [0.717, 1.165) is 5.20 Å². The van der Waals surface area contributed by atoms with Crippen LogP contribution in [-0.4, -0.2) is 24.2 Å². The Kier molecular flexibility index (Phi) is 4.47. The van der Waals surface area contributed by atoms with Crippen molar-refractivity contribution in [3.63, 3.8) is 0 Å². The van der Waals surface area contributed by atoms with E-state index in [-0.39, 0.29) is 16.9 Å². The summed E-state index contributed by atoms with van der Waals surface area (Å²) in [4.78, 5) is 0. The van der Waals surface area contributed by atoms with Crippen LogP contribution < -0.4 is 0 Å². The Hall–Kier alpha value is -0.999. The average Bonchev–Trinajstić information content (AvgIpc) is 3.21. The van der Waals surface area contributed by atoms with Crippen molar-refractivity contribution in [2.75, 3.05) is 0 Å². The summed E-state index contributed by atoms with van der Waals surface area (Å²) in [7, 11) is -6.39. The van der Waals surface area contributed by atoms with E-state index < -0.39 is 63.9 Å². The molecule has 180 valence electrons. The van der Waals surface area contributed by atoms with Crippen molar-refractivity contribution in [3.8, 4) is 0 Å². The summed E-state index contributed by atoms with van der Waals surface area (Å²) in [6.45, 7) is 20.2. The molecule has 1 aromatic rings. The third-order valence-corrected chi connectivity index (χ3v) is 18.8. The average molecular weight is 513 g/mol. The molecule has 6 bridgehead atoms. The Labute approximate surface area is 196 Å². The zero-order valence-electron chi connectivity index (χ0n) is 20.9. The fourth-order valence-corrected chi connectivity index (χ4v) is 21.9. The molecule has 0 aliphatic heterocycles. The molecule has 0 nitrogen and oxygen atoms in total. The first-order valence-corrected chi connectivity index (χ1v) is 22.3. The van der Waals surface area contributed by atoms with Gasteiger partial charge in [-0.3, -0.25) is 0 Å². The molecule has 5 aliphatic carbocycles. The topological polar surface area (TPSA) is 0 Å². The maximum absolute atomic E-state index is 15.6. The first-order chi connectivity index (χ1) is 14.9. The third kappa shape index (κ3) is 2.28. The van der Waals surface area contributed by atoms with Gasteiger partial charge in [-0.1, -0.05) is 76.3 Å². The maximum Gasteiger partial charge on any atom is 0.200 e. The first-order valence-electron chi connectivity index (χ1n) is 11.8. The van der Waals surface area contributed by atoms with Crippen molar-refractivity contribution >= 4 is 29.8 Å². The lowest BCUT2D eigenvalue weighted by Crippen LogP contribution is -2.54. The van der Waals surface area contributed by atoms with Gasteiger partial charge in [-0.25, -0.2) is 22.0 Å². The largest absolute Gasteiger partial charge is 0.203 e. The lowest BCUT2D eigenvalue weighted by atomic mass is 9.78. The van der Waals surface area contributed by atoms with Gasteiger partial charge in [0.25, 0.3) is 0 Å². The van der Waals surface area contributed by atoms with E-state index in [1.165, 1.54) is 0 Å². The van der Waals surface area contributed by atoms with Crippen LogP contribution in [0.1, 0.15) is 5.56 Å². The van der Waals surface area contributed by atoms with E-state index >= 15 is 8.78 Å². The second-order valence-electron chi connectivity index (χ2n) is 13.6. The van der Waals surface area contributed by atoms with Gasteiger partial charge in [-0.2, -0.15) is 0 Å². The summed E-state index contributed by atoms with van der Waals surface area (Å²) in [6, 6.07) is 0. The molecule has 6 atom stereocenters. The Morgan fingerprint density at radius 3 is 1.52 bits per heavy atom. The van der Waals surface area contributed by atoms with Gasteiger partial charge < -0.3 is 0 Å². The lowest BCUT2D eigenvalue weighted by molar-refractivity contribution is 0.372. The summed E-state index contributed by atoms with van der Waals surface area (Å²) in [5.41, 5.74) is -0.0788. The molecule has 33 heavy (non-hydrogen) atoms. The normalized spacial score (nSPS) is 36.8. The molecule has 0 spiro atoms. The molecule has 5 aliphatic rings. The number of halogens is 5. The van der Waals surface area contributed by atoms with Gasteiger partial charge in [0.1, 0.15) is 0 Å². The van der Waals surface area contributed by atoms with Crippen molar-refractivity contribution in [1.82, 2.24) is 0 Å². The monoisotopic (exact) mass is 512 g/mol. The highest BCUT2D eigenvalue weighted by Crippen LogP contribution is 3.01. The predicted molar refractivity (Wildman–Crippen MR) is 132 cm³/mol. The van der Waals surface area contributed by atoms with E-state index in [2.05, 4.69) is 71.1 Å². The highest BCUT2D eigenvalue weighted by Gasteiger charge is 2.92. The van der Waals surface area contributed by atoms with E-state index in [1.54, 1.807) is 0 Å². The minimum absolute atomic E-state index is 0.0900. The van der Waals surface area contributed by atoms with Crippen LogP contribution in [0.5, 0.6) is 0 Å². The Morgan fingerprint density at radius 2 is 1.09 bits per heavy atom. The molecule has 4 unspecified atom stereocenters. The minimum atomic E-state index is -2.27. The fourth-order valence-electron chi connectivity index (χ4n) is 9.25. The molecule has 8 heteroatoms. The summed E-state index contributed by atoms with van der Waals surface area (Å²) in [5, 5.41) is 0.448. The van der Waals surface area contributed by atoms with Crippen LogP contribution in [0.3, 0.4) is 0 Å². The van der Waals surface area contributed by atoms with Gasteiger partial charge in [-0.05, 0) is 34.3 Å². The number of hydrogen-bond acceptors (Lipinski definition) is 0. The highest BCUT2D eigenvalue weighted by atomic mass is 28.3. The zero-order valence-corrected chi connectivity index (χ0v) is 23.9. The maximum atomic E-state index is 15.6. The molecular formula is C25H33F5Si3. The number of benzene rings is 1. The van der Waals surface area contributed by atoms with Crippen LogP contribution in [0.25, 0.3) is 5.57 Å². The fraction of sp³-hybridized carbons (Fsp3) is 0.600. The van der Waals surface area contributed by atoms with Crippen molar-refractivity contribution in [2.24, 2.45) is 23.7 Å². The molecule has 6 rings (SSSR count). The van der Waals surface area contributed by atoms with Crippen LogP contribution in [0.15, 0.2) is 17.3 Å². The minimum Gasteiger partial charge on any atom is -0.203 e. The zero-order chi connectivity index (χ0) is 24.8. The Morgan fingerprint density at radius 1 is 0.636 bits per heavy atom. The Balaban J connectivity index is 2.01. The second kappa shape index (κ2) is 6.22. The van der Waals surface area contributed by atoms with Gasteiger partial charge >= 0.3 is 0 Å². The molecule has 0 radical (unpaired) electrons. The third-order valence-electron chi connectivity index (χ3n) is 9.47. The highest BCUT2D eigenvalue weighted by molar-refractivity contribution is 6.91. The van der Waals surface area contributed by atoms with Crippen molar-refractivity contribution in [2.45, 2.75) is 69.0 Å². The van der Waals surface area contributed by atoms with Gasteiger partial charge in [0.15, 0.2) is 23.3 Å². The molecular weight excluding hydrogens is 480 g/mol. The number of allylic oxidation sites excluding steroid dienone is 4. The van der Waals surface area contributed by atoms with E-state index in [0.29, 0.717) is 17.4 Å². The van der Waals surface area contributed by atoms with Crippen molar-refractivity contribution in [3.05, 3.63) is 52.0 Å². The molecule has 0 aromatic heterocycles. The summed E-state index contributed by atoms with van der Waals surface area (Å²) in [5.74, 6) is -7.97. The van der Waals surface area contributed by atoms with Crippen LogP contribution >= 0.6 is 0 Å².